The molecule has 0 radical (unpaired) electrons. The first-order chi connectivity index (χ1) is 8.55. The lowest BCUT2D eigenvalue weighted by atomic mass is 9.88. The zero-order chi connectivity index (χ0) is 15.2. The molecule has 0 bridgehead atoms. The number of Topliss-reactive ketones (excluding diaryl/α,β-unsaturated/α-hetero) is 2. The molecule has 5 nitrogen and oxygen atoms in total. The molecular formula is C14H25NO4. The van der Waals surface area contributed by atoms with Gasteiger partial charge in [-0.25, -0.2) is 0 Å². The van der Waals surface area contributed by atoms with Crippen LogP contribution in [0.25, 0.3) is 0 Å². The number of esters is 1. The van der Waals surface area contributed by atoms with Gasteiger partial charge in [0.2, 0.25) is 0 Å². The first-order valence-corrected chi connectivity index (χ1v) is 6.54. The van der Waals surface area contributed by atoms with Crippen molar-refractivity contribution in [1.82, 2.24) is 0 Å². The van der Waals surface area contributed by atoms with Gasteiger partial charge in [-0.15, -0.1) is 0 Å². The topological polar surface area (TPSA) is 86.5 Å². The van der Waals surface area contributed by atoms with E-state index in [1.165, 1.54) is 0 Å². The summed E-state index contributed by atoms with van der Waals surface area (Å²) in [5.41, 5.74) is 5.14. The molecule has 19 heavy (non-hydrogen) atoms. The molecule has 0 aromatic heterocycles. The number of ketones is 2. The average molecular weight is 271 g/mol. The second-order valence-electron chi connectivity index (χ2n) is 6.02. The summed E-state index contributed by atoms with van der Waals surface area (Å²) >= 11 is 0. The predicted molar refractivity (Wildman–Crippen MR) is 72.5 cm³/mol. The first-order valence-electron chi connectivity index (χ1n) is 6.54. The van der Waals surface area contributed by atoms with Gasteiger partial charge in [-0.3, -0.25) is 14.4 Å². The van der Waals surface area contributed by atoms with E-state index in [0.29, 0.717) is 0 Å². The van der Waals surface area contributed by atoms with Crippen molar-refractivity contribution in [2.75, 3.05) is 6.61 Å². The molecule has 0 saturated heterocycles. The first kappa shape index (κ1) is 17.8. The molecule has 0 spiro atoms. The molecule has 0 rings (SSSR count). The van der Waals surface area contributed by atoms with E-state index in [4.69, 9.17) is 10.5 Å². The minimum Gasteiger partial charge on any atom is -0.464 e. The van der Waals surface area contributed by atoms with Crippen LogP contribution in [0.15, 0.2) is 0 Å². The second kappa shape index (κ2) is 7.38. The Kier molecular flexibility index (Phi) is 6.90. The number of ether oxygens (including phenoxy) is 1. The second-order valence-corrected chi connectivity index (χ2v) is 6.02. The molecule has 0 heterocycles. The van der Waals surface area contributed by atoms with Crippen LogP contribution in [0.5, 0.6) is 0 Å². The Labute approximate surface area is 114 Å². The quantitative estimate of drug-likeness (QED) is 0.709. The van der Waals surface area contributed by atoms with Gasteiger partial charge in [0.1, 0.15) is 12.4 Å². The molecule has 0 fully saturated rings. The normalized spacial score (nSPS) is 13.2. The van der Waals surface area contributed by atoms with Crippen LogP contribution >= 0.6 is 0 Å². The average Bonchev–Trinajstić information content (AvgIpc) is 2.30. The summed E-state index contributed by atoms with van der Waals surface area (Å²) in [6.45, 7) is 8.77. The third-order valence-corrected chi connectivity index (χ3v) is 2.75. The molecule has 0 saturated carbocycles. The zero-order valence-electron chi connectivity index (χ0n) is 12.5. The van der Waals surface area contributed by atoms with Crippen molar-refractivity contribution in [1.29, 1.82) is 0 Å². The highest BCUT2D eigenvalue weighted by Gasteiger charge is 2.23. The molecule has 1 unspecified atom stereocenters. The van der Waals surface area contributed by atoms with Gasteiger partial charge >= 0.3 is 5.97 Å². The van der Waals surface area contributed by atoms with Crippen molar-refractivity contribution in [3.05, 3.63) is 0 Å². The van der Waals surface area contributed by atoms with E-state index in [1.54, 1.807) is 34.6 Å². The maximum atomic E-state index is 11.6. The third-order valence-electron chi connectivity index (χ3n) is 2.75. The lowest BCUT2D eigenvalue weighted by molar-refractivity contribution is -0.146. The predicted octanol–water partition coefficient (Wildman–Crippen LogP) is 1.48. The fourth-order valence-electron chi connectivity index (χ4n) is 1.36. The summed E-state index contributed by atoms with van der Waals surface area (Å²) in [6, 6.07) is -0.790. The molecule has 5 heteroatoms. The minimum atomic E-state index is -0.790. The van der Waals surface area contributed by atoms with E-state index < -0.39 is 17.4 Å². The molecule has 0 aromatic carbocycles. The SMILES string of the molecule is CC(C)C(=O)C(N)COC(=O)CCC(=O)C(C)(C)C. The largest absolute Gasteiger partial charge is 0.464 e. The Balaban J connectivity index is 4.01. The minimum absolute atomic E-state index is 0.00649. The highest BCUT2D eigenvalue weighted by Crippen LogP contribution is 2.17. The van der Waals surface area contributed by atoms with Crippen LogP contribution in [-0.4, -0.2) is 30.2 Å². The number of carbonyl (C=O) groups is 3. The van der Waals surface area contributed by atoms with E-state index in [9.17, 15) is 14.4 Å². The molecule has 0 aliphatic carbocycles. The molecule has 2 N–H and O–H groups in total. The van der Waals surface area contributed by atoms with E-state index in [-0.39, 0.29) is 36.9 Å². The maximum absolute atomic E-state index is 11.6. The van der Waals surface area contributed by atoms with Gasteiger partial charge in [-0.2, -0.15) is 0 Å². The van der Waals surface area contributed by atoms with Crippen molar-refractivity contribution in [3.63, 3.8) is 0 Å². The van der Waals surface area contributed by atoms with Gasteiger partial charge < -0.3 is 10.5 Å². The van der Waals surface area contributed by atoms with Gasteiger partial charge in [0.15, 0.2) is 5.78 Å². The molecule has 0 aliphatic heterocycles. The summed E-state index contributed by atoms with van der Waals surface area (Å²) in [5.74, 6) is -0.814. The molecule has 110 valence electrons. The number of hydrogen-bond acceptors (Lipinski definition) is 5. The zero-order valence-corrected chi connectivity index (χ0v) is 12.5. The van der Waals surface area contributed by atoms with E-state index in [0.717, 1.165) is 0 Å². The number of rotatable bonds is 7. The Bertz CT molecular complexity index is 342. The molecular weight excluding hydrogens is 246 g/mol. The van der Waals surface area contributed by atoms with Crippen LogP contribution in [-0.2, 0) is 19.1 Å². The fraction of sp³-hybridized carbons (Fsp3) is 0.786. The molecule has 1 atom stereocenters. The van der Waals surface area contributed by atoms with E-state index >= 15 is 0 Å². The van der Waals surface area contributed by atoms with Crippen LogP contribution in [0.3, 0.4) is 0 Å². The van der Waals surface area contributed by atoms with Crippen LogP contribution < -0.4 is 5.73 Å². The van der Waals surface area contributed by atoms with Gasteiger partial charge in [0, 0.05) is 17.8 Å². The standard InChI is InChI=1S/C14H25NO4/c1-9(2)13(18)10(15)8-19-12(17)7-6-11(16)14(3,4)5/h9-10H,6-8,15H2,1-5H3. The summed E-state index contributed by atoms with van der Waals surface area (Å²) in [7, 11) is 0. The van der Waals surface area contributed by atoms with E-state index in [1.807, 2.05) is 0 Å². The number of hydrogen-bond donors (Lipinski definition) is 1. The van der Waals surface area contributed by atoms with Gasteiger partial charge in [0.05, 0.1) is 12.5 Å². The summed E-state index contributed by atoms with van der Waals surface area (Å²) in [6.07, 6.45) is 0.175. The van der Waals surface area contributed by atoms with Crippen LogP contribution in [0, 0.1) is 11.3 Å². The Morgan fingerprint density at radius 3 is 2.05 bits per heavy atom. The van der Waals surface area contributed by atoms with Gasteiger partial charge in [0.25, 0.3) is 0 Å². The van der Waals surface area contributed by atoms with Crippen molar-refractivity contribution in [2.24, 2.45) is 17.1 Å². The van der Waals surface area contributed by atoms with Crippen LogP contribution in [0.1, 0.15) is 47.5 Å². The Morgan fingerprint density at radius 1 is 1.11 bits per heavy atom. The highest BCUT2D eigenvalue weighted by atomic mass is 16.5. The summed E-state index contributed by atoms with van der Waals surface area (Å²) in [4.78, 5) is 34.5. The molecule has 0 aliphatic rings. The lowest BCUT2D eigenvalue weighted by Gasteiger charge is -2.16. The van der Waals surface area contributed by atoms with Crippen LogP contribution in [0.2, 0.25) is 0 Å². The third kappa shape index (κ3) is 7.06. The smallest absolute Gasteiger partial charge is 0.306 e. The Hall–Kier alpha value is -1.23. The lowest BCUT2D eigenvalue weighted by Crippen LogP contribution is -2.38. The van der Waals surface area contributed by atoms with Crippen LogP contribution in [0.4, 0.5) is 0 Å². The van der Waals surface area contributed by atoms with Crippen molar-refractivity contribution < 1.29 is 19.1 Å². The highest BCUT2D eigenvalue weighted by molar-refractivity contribution is 5.87. The van der Waals surface area contributed by atoms with Gasteiger partial charge in [-0.05, 0) is 0 Å². The van der Waals surface area contributed by atoms with Gasteiger partial charge in [-0.1, -0.05) is 34.6 Å². The van der Waals surface area contributed by atoms with Crippen molar-refractivity contribution in [2.45, 2.75) is 53.5 Å². The Morgan fingerprint density at radius 2 is 1.63 bits per heavy atom. The van der Waals surface area contributed by atoms with E-state index in [2.05, 4.69) is 0 Å². The number of carbonyl (C=O) groups excluding carboxylic acids is 3. The maximum Gasteiger partial charge on any atom is 0.306 e. The van der Waals surface area contributed by atoms with Crippen molar-refractivity contribution in [3.8, 4) is 0 Å². The monoisotopic (exact) mass is 271 g/mol. The number of nitrogens with two attached hydrogens (primary N) is 1. The molecule has 0 aromatic rings. The van der Waals surface area contributed by atoms with Crippen molar-refractivity contribution >= 4 is 17.5 Å². The summed E-state index contributed by atoms with van der Waals surface area (Å²) in [5, 5.41) is 0. The summed E-state index contributed by atoms with van der Waals surface area (Å²) < 4.78 is 4.90. The fourth-order valence-corrected chi connectivity index (χ4v) is 1.36. The molecule has 0 amide bonds.